The zero-order chi connectivity index (χ0) is 15.2. The van der Waals surface area contributed by atoms with Gasteiger partial charge < -0.3 is 25.5 Å². The van der Waals surface area contributed by atoms with E-state index in [4.69, 9.17) is 9.84 Å². The van der Waals surface area contributed by atoms with Crippen LogP contribution in [0.2, 0.25) is 0 Å². The van der Waals surface area contributed by atoms with Gasteiger partial charge in [-0.1, -0.05) is 0 Å². The molecule has 0 fully saturated rings. The lowest BCUT2D eigenvalue weighted by atomic mass is 10.1. The average Bonchev–Trinajstić information content (AvgIpc) is 2.88. The molecule has 8 nitrogen and oxygen atoms in total. The van der Waals surface area contributed by atoms with E-state index in [1.807, 2.05) is 13.8 Å². The summed E-state index contributed by atoms with van der Waals surface area (Å²) in [6.07, 6.45) is 3.11. The molecule has 0 aliphatic carbocycles. The minimum absolute atomic E-state index is 0.135. The minimum Gasteiger partial charge on any atom is -0.480 e. The Kier molecular flexibility index (Phi) is 5.51. The number of ether oxygens (including phenoxy) is 1. The fraction of sp³-hybridized carbons (Fsp3) is 0.583. The molecular weight excluding hydrogens is 264 g/mol. The van der Waals surface area contributed by atoms with Crippen LogP contribution in [0.1, 0.15) is 19.5 Å². The number of hydrogen-bond donors (Lipinski definition) is 4. The number of urea groups is 1. The molecule has 1 heterocycles. The number of imidazole rings is 1. The normalized spacial score (nSPS) is 12.8. The van der Waals surface area contributed by atoms with Gasteiger partial charge in [-0.25, -0.2) is 14.6 Å². The van der Waals surface area contributed by atoms with E-state index in [9.17, 15) is 9.59 Å². The summed E-state index contributed by atoms with van der Waals surface area (Å²) in [5.74, 6) is -1.11. The first-order valence-corrected chi connectivity index (χ1v) is 6.13. The third-order valence-electron chi connectivity index (χ3n) is 2.81. The molecule has 112 valence electrons. The van der Waals surface area contributed by atoms with Gasteiger partial charge in [0.25, 0.3) is 0 Å². The lowest BCUT2D eigenvalue weighted by molar-refractivity contribution is -0.139. The van der Waals surface area contributed by atoms with Crippen molar-refractivity contribution in [2.75, 3.05) is 13.7 Å². The molecule has 0 unspecified atom stereocenters. The van der Waals surface area contributed by atoms with Crippen LogP contribution in [0.4, 0.5) is 4.79 Å². The summed E-state index contributed by atoms with van der Waals surface area (Å²) >= 11 is 0. The van der Waals surface area contributed by atoms with E-state index in [1.165, 1.54) is 19.6 Å². The predicted octanol–water partition coefficient (Wildman–Crippen LogP) is 0.130. The number of rotatable bonds is 7. The molecule has 4 N–H and O–H groups in total. The van der Waals surface area contributed by atoms with Crippen molar-refractivity contribution in [2.45, 2.75) is 31.9 Å². The highest BCUT2D eigenvalue weighted by molar-refractivity contribution is 5.82. The van der Waals surface area contributed by atoms with Crippen LogP contribution in [0.15, 0.2) is 12.5 Å². The Morgan fingerprint density at radius 3 is 2.75 bits per heavy atom. The highest BCUT2D eigenvalue weighted by Crippen LogP contribution is 2.04. The molecule has 0 saturated heterocycles. The van der Waals surface area contributed by atoms with Crippen LogP contribution in [-0.2, 0) is 16.0 Å². The van der Waals surface area contributed by atoms with Crippen LogP contribution in [0.3, 0.4) is 0 Å². The monoisotopic (exact) mass is 284 g/mol. The second-order valence-corrected chi connectivity index (χ2v) is 4.96. The second-order valence-electron chi connectivity index (χ2n) is 4.96. The van der Waals surface area contributed by atoms with Gasteiger partial charge in [-0.05, 0) is 13.8 Å². The van der Waals surface area contributed by atoms with E-state index in [0.29, 0.717) is 5.69 Å². The Bertz CT molecular complexity index is 444. The Balaban J connectivity index is 2.49. The van der Waals surface area contributed by atoms with Crippen LogP contribution in [0, 0.1) is 0 Å². The van der Waals surface area contributed by atoms with Crippen molar-refractivity contribution in [1.82, 2.24) is 20.6 Å². The van der Waals surface area contributed by atoms with Crippen LogP contribution in [0.25, 0.3) is 0 Å². The first-order valence-electron chi connectivity index (χ1n) is 6.13. The van der Waals surface area contributed by atoms with Gasteiger partial charge in [0.1, 0.15) is 6.04 Å². The zero-order valence-corrected chi connectivity index (χ0v) is 11.8. The first kappa shape index (κ1) is 16.0. The van der Waals surface area contributed by atoms with Gasteiger partial charge in [0.2, 0.25) is 0 Å². The molecule has 1 aromatic heterocycles. The summed E-state index contributed by atoms with van der Waals surface area (Å²) < 4.78 is 5.15. The van der Waals surface area contributed by atoms with E-state index in [-0.39, 0.29) is 13.0 Å². The minimum atomic E-state index is -1.11. The van der Waals surface area contributed by atoms with E-state index in [2.05, 4.69) is 20.6 Å². The van der Waals surface area contributed by atoms with Gasteiger partial charge in [0, 0.05) is 32.0 Å². The van der Waals surface area contributed by atoms with Crippen molar-refractivity contribution >= 4 is 12.0 Å². The number of nitrogens with one attached hydrogen (secondary N) is 3. The number of carbonyl (C=O) groups excluding carboxylic acids is 1. The molecule has 0 saturated carbocycles. The van der Waals surface area contributed by atoms with Gasteiger partial charge >= 0.3 is 12.0 Å². The molecule has 0 aromatic carbocycles. The van der Waals surface area contributed by atoms with Gasteiger partial charge in [0.15, 0.2) is 0 Å². The third kappa shape index (κ3) is 5.27. The molecular formula is C12H20N4O4. The number of carboxylic acid groups (broad SMARTS) is 1. The lowest BCUT2D eigenvalue weighted by Gasteiger charge is -2.23. The third-order valence-corrected chi connectivity index (χ3v) is 2.81. The van der Waals surface area contributed by atoms with E-state index in [1.54, 1.807) is 0 Å². The fourth-order valence-corrected chi connectivity index (χ4v) is 1.39. The summed E-state index contributed by atoms with van der Waals surface area (Å²) in [6, 6.07) is -1.58. The van der Waals surface area contributed by atoms with E-state index < -0.39 is 23.6 Å². The van der Waals surface area contributed by atoms with Crippen molar-refractivity contribution in [3.05, 3.63) is 18.2 Å². The van der Waals surface area contributed by atoms with Gasteiger partial charge in [-0.2, -0.15) is 0 Å². The molecule has 1 atom stereocenters. The Morgan fingerprint density at radius 1 is 1.55 bits per heavy atom. The molecule has 0 aliphatic heterocycles. The molecule has 2 amide bonds. The maximum atomic E-state index is 11.7. The summed E-state index contributed by atoms with van der Waals surface area (Å²) in [4.78, 5) is 29.4. The van der Waals surface area contributed by atoms with E-state index >= 15 is 0 Å². The van der Waals surface area contributed by atoms with E-state index in [0.717, 1.165) is 0 Å². The number of H-pyrrole nitrogens is 1. The maximum absolute atomic E-state index is 11.7. The van der Waals surface area contributed by atoms with Gasteiger partial charge in [-0.3, -0.25) is 0 Å². The van der Waals surface area contributed by atoms with Crippen molar-refractivity contribution in [3.8, 4) is 0 Å². The number of carbonyl (C=O) groups is 2. The number of methoxy groups -OCH3 is 1. The van der Waals surface area contributed by atoms with Crippen LogP contribution < -0.4 is 10.6 Å². The lowest BCUT2D eigenvalue weighted by Crippen LogP contribution is -2.50. The number of amides is 2. The van der Waals surface area contributed by atoms with Crippen LogP contribution >= 0.6 is 0 Å². The Morgan fingerprint density at radius 2 is 2.25 bits per heavy atom. The summed E-state index contributed by atoms with van der Waals surface area (Å²) in [7, 11) is 1.54. The van der Waals surface area contributed by atoms with Crippen LogP contribution in [0.5, 0.6) is 0 Å². The standard InChI is InChI=1S/C12H20N4O4/c1-12(2,20-3)6-14-11(19)16-9(10(17)18)4-8-5-13-7-15-8/h5,7,9H,4,6H2,1-3H3,(H,13,15)(H,17,18)(H2,14,16,19)/t9-/m1/s1. The molecule has 1 rings (SSSR count). The average molecular weight is 284 g/mol. The molecule has 8 heteroatoms. The number of aromatic amines is 1. The number of carboxylic acids is 1. The maximum Gasteiger partial charge on any atom is 0.326 e. The van der Waals surface area contributed by atoms with Gasteiger partial charge in [0.05, 0.1) is 11.9 Å². The van der Waals surface area contributed by atoms with Gasteiger partial charge in [-0.15, -0.1) is 0 Å². The smallest absolute Gasteiger partial charge is 0.326 e. The quantitative estimate of drug-likeness (QED) is 0.568. The topological polar surface area (TPSA) is 116 Å². The Hall–Kier alpha value is -2.09. The predicted molar refractivity (Wildman–Crippen MR) is 71.3 cm³/mol. The summed E-state index contributed by atoms with van der Waals surface area (Å²) in [5, 5.41) is 14.1. The fourth-order valence-electron chi connectivity index (χ4n) is 1.39. The second kappa shape index (κ2) is 6.90. The van der Waals surface area contributed by atoms with Crippen molar-refractivity contribution < 1.29 is 19.4 Å². The number of nitrogens with zero attached hydrogens (tertiary/aromatic N) is 1. The van der Waals surface area contributed by atoms with Crippen molar-refractivity contribution in [2.24, 2.45) is 0 Å². The SMILES string of the molecule is COC(C)(C)CNC(=O)N[C@H](Cc1cnc[nH]1)C(=O)O. The molecule has 20 heavy (non-hydrogen) atoms. The highest BCUT2D eigenvalue weighted by Gasteiger charge is 2.22. The molecule has 0 aliphatic rings. The van der Waals surface area contributed by atoms with Crippen molar-refractivity contribution in [1.29, 1.82) is 0 Å². The number of aliphatic carboxylic acids is 1. The largest absolute Gasteiger partial charge is 0.480 e. The van der Waals surface area contributed by atoms with Crippen LogP contribution in [-0.4, -0.2) is 52.4 Å². The van der Waals surface area contributed by atoms with Crippen molar-refractivity contribution in [3.63, 3.8) is 0 Å². The highest BCUT2D eigenvalue weighted by atomic mass is 16.5. The molecule has 0 radical (unpaired) electrons. The first-order chi connectivity index (χ1) is 9.34. The summed E-state index contributed by atoms with van der Waals surface area (Å²) in [5.41, 5.74) is 0.120. The Labute approximate surface area is 116 Å². The molecule has 0 spiro atoms. The number of hydrogen-bond acceptors (Lipinski definition) is 4. The number of aromatic nitrogens is 2. The zero-order valence-electron chi connectivity index (χ0n) is 11.8. The molecule has 1 aromatic rings. The summed E-state index contributed by atoms with van der Waals surface area (Å²) in [6.45, 7) is 3.89. The molecule has 0 bridgehead atoms.